The van der Waals surface area contributed by atoms with E-state index in [0.29, 0.717) is 0 Å². The van der Waals surface area contributed by atoms with Gasteiger partial charge in [0.05, 0.1) is 35.8 Å². The molecule has 0 fully saturated rings. The Hall–Kier alpha value is -2.93. The van der Waals surface area contributed by atoms with Crippen LogP contribution in [0.3, 0.4) is 0 Å². The van der Waals surface area contributed by atoms with E-state index in [9.17, 15) is 31.2 Å². The Morgan fingerprint density at radius 1 is 1.20 bits per heavy atom. The average Bonchev–Trinajstić information content (AvgIpc) is 2.69. The van der Waals surface area contributed by atoms with E-state index in [-0.39, 0.29) is 16.8 Å². The molecule has 0 saturated heterocycles. The number of methoxy groups -OCH3 is 1. The number of alkyl halides is 3. The standard InChI is InChI=1S/C16H13ClF3N3O6S/c1-3-13(24)23(30(26,27)16(18,19)20)12-5-4-10(6-11(12)14(25)28-2)29-15-21-7-9(17)8-22-15/h4-8H,3H2,1-2H3. The predicted molar refractivity (Wildman–Crippen MR) is 97.6 cm³/mol. The topological polar surface area (TPSA) is 116 Å². The normalized spacial score (nSPS) is 11.7. The van der Waals surface area contributed by atoms with Gasteiger partial charge in [-0.25, -0.2) is 14.8 Å². The summed E-state index contributed by atoms with van der Waals surface area (Å²) in [5.41, 5.74) is -7.31. The second-order valence-electron chi connectivity index (χ2n) is 5.42. The minimum atomic E-state index is -6.15. The molecule has 1 aromatic heterocycles. The number of aromatic nitrogens is 2. The van der Waals surface area contributed by atoms with Gasteiger partial charge in [0.2, 0.25) is 5.91 Å². The van der Waals surface area contributed by atoms with Gasteiger partial charge in [0.15, 0.2) is 0 Å². The third kappa shape index (κ3) is 4.79. The highest BCUT2D eigenvalue weighted by molar-refractivity contribution is 7.94. The number of hydrogen-bond acceptors (Lipinski definition) is 8. The van der Waals surface area contributed by atoms with Gasteiger partial charge in [-0.1, -0.05) is 18.5 Å². The highest BCUT2D eigenvalue weighted by Crippen LogP contribution is 2.35. The fourth-order valence-corrected chi connectivity index (χ4v) is 3.25. The third-order valence-electron chi connectivity index (χ3n) is 3.46. The first-order chi connectivity index (χ1) is 13.9. The number of carbonyl (C=O) groups excluding carboxylic acids is 2. The first-order valence-electron chi connectivity index (χ1n) is 7.94. The van der Waals surface area contributed by atoms with Crippen molar-refractivity contribution < 1.29 is 40.7 Å². The molecule has 14 heteroatoms. The molecule has 9 nitrogen and oxygen atoms in total. The zero-order valence-corrected chi connectivity index (χ0v) is 16.9. The van der Waals surface area contributed by atoms with Crippen LogP contribution in [0, 0.1) is 0 Å². The van der Waals surface area contributed by atoms with Crippen LogP contribution < -0.4 is 9.04 Å². The Morgan fingerprint density at radius 3 is 2.30 bits per heavy atom. The van der Waals surface area contributed by atoms with E-state index in [1.165, 1.54) is 12.4 Å². The lowest BCUT2D eigenvalue weighted by Gasteiger charge is -2.25. The van der Waals surface area contributed by atoms with E-state index in [4.69, 9.17) is 16.3 Å². The summed E-state index contributed by atoms with van der Waals surface area (Å²) in [6.07, 6.45) is 1.82. The van der Waals surface area contributed by atoms with E-state index in [1.54, 1.807) is 0 Å². The SMILES string of the molecule is CCC(=O)N(c1ccc(Oc2ncc(Cl)cn2)cc1C(=O)OC)S(=O)(=O)C(F)(F)F. The second kappa shape index (κ2) is 8.83. The summed E-state index contributed by atoms with van der Waals surface area (Å²) in [5.74, 6) is -2.76. The van der Waals surface area contributed by atoms with Crippen LogP contribution in [0.2, 0.25) is 5.02 Å². The number of nitrogens with zero attached hydrogens (tertiary/aromatic N) is 3. The molecule has 30 heavy (non-hydrogen) atoms. The van der Waals surface area contributed by atoms with Crippen LogP contribution in [0.25, 0.3) is 0 Å². The van der Waals surface area contributed by atoms with Crippen molar-refractivity contribution in [2.45, 2.75) is 18.9 Å². The minimum absolute atomic E-state index is 0.144. The van der Waals surface area contributed by atoms with Crippen LogP contribution in [-0.2, 0) is 19.6 Å². The molecule has 162 valence electrons. The zero-order valence-electron chi connectivity index (χ0n) is 15.3. The molecule has 0 aliphatic carbocycles. The van der Waals surface area contributed by atoms with E-state index in [1.807, 2.05) is 0 Å². The summed E-state index contributed by atoms with van der Waals surface area (Å²) in [6, 6.07) is 2.50. The molecule has 0 aliphatic rings. The van der Waals surface area contributed by atoms with Crippen LogP contribution in [0.4, 0.5) is 18.9 Å². The highest BCUT2D eigenvalue weighted by Gasteiger charge is 2.52. The quantitative estimate of drug-likeness (QED) is 0.594. The molecule has 2 aromatic rings. The Labute approximate surface area is 173 Å². The maximum Gasteiger partial charge on any atom is 0.517 e. The van der Waals surface area contributed by atoms with Crippen molar-refractivity contribution in [3.05, 3.63) is 41.2 Å². The number of ether oxygens (including phenoxy) is 2. The van der Waals surface area contributed by atoms with Crippen molar-refractivity contribution in [2.75, 3.05) is 11.4 Å². The van der Waals surface area contributed by atoms with Crippen LogP contribution >= 0.6 is 11.6 Å². The van der Waals surface area contributed by atoms with Crippen LogP contribution in [0.5, 0.6) is 11.8 Å². The molecule has 2 rings (SSSR count). The Kier molecular flexibility index (Phi) is 6.87. The summed E-state index contributed by atoms with van der Waals surface area (Å²) in [5, 5.41) is 0.207. The minimum Gasteiger partial charge on any atom is -0.465 e. The van der Waals surface area contributed by atoms with Gasteiger partial charge < -0.3 is 9.47 Å². The van der Waals surface area contributed by atoms with E-state index in [0.717, 1.165) is 32.2 Å². The molecule has 0 aliphatic heterocycles. The lowest BCUT2D eigenvalue weighted by Crippen LogP contribution is -2.45. The lowest BCUT2D eigenvalue weighted by atomic mass is 10.1. The van der Waals surface area contributed by atoms with Crippen LogP contribution in [0.15, 0.2) is 30.6 Å². The molecule has 1 amide bonds. The molecule has 1 heterocycles. The van der Waals surface area contributed by atoms with Crippen molar-refractivity contribution in [2.24, 2.45) is 0 Å². The smallest absolute Gasteiger partial charge is 0.465 e. The maximum absolute atomic E-state index is 13.1. The Morgan fingerprint density at radius 2 is 1.80 bits per heavy atom. The van der Waals surface area contributed by atoms with E-state index < -0.39 is 49.4 Å². The molecule has 0 radical (unpaired) electrons. The van der Waals surface area contributed by atoms with Gasteiger partial charge in [-0.05, 0) is 18.2 Å². The molecular formula is C16H13ClF3N3O6S. The molecule has 0 unspecified atom stereocenters. The summed E-state index contributed by atoms with van der Waals surface area (Å²) >= 11 is 5.65. The molecule has 0 spiro atoms. The van der Waals surface area contributed by atoms with E-state index >= 15 is 0 Å². The van der Waals surface area contributed by atoms with Gasteiger partial charge in [0.25, 0.3) is 0 Å². The number of anilines is 1. The van der Waals surface area contributed by atoms with Crippen molar-refractivity contribution in [3.8, 4) is 11.8 Å². The number of carbonyl (C=O) groups is 2. The molecule has 1 aromatic carbocycles. The Bertz CT molecular complexity index is 1060. The largest absolute Gasteiger partial charge is 0.517 e. The molecular weight excluding hydrogens is 455 g/mol. The lowest BCUT2D eigenvalue weighted by molar-refractivity contribution is -0.117. The van der Waals surface area contributed by atoms with Crippen LogP contribution in [0.1, 0.15) is 23.7 Å². The monoisotopic (exact) mass is 467 g/mol. The molecule has 0 atom stereocenters. The van der Waals surface area contributed by atoms with Gasteiger partial charge in [-0.15, -0.1) is 0 Å². The molecule has 0 bridgehead atoms. The van der Waals surface area contributed by atoms with Gasteiger partial charge in [0, 0.05) is 6.42 Å². The zero-order chi connectivity index (χ0) is 22.7. The van der Waals surface area contributed by atoms with Gasteiger partial charge in [0.1, 0.15) is 5.75 Å². The second-order valence-corrected chi connectivity index (χ2v) is 7.63. The molecule has 0 saturated carbocycles. The fraction of sp³-hybridized carbons (Fsp3) is 0.250. The molecule has 0 N–H and O–H groups in total. The predicted octanol–water partition coefficient (Wildman–Crippen LogP) is 3.30. The maximum atomic E-state index is 13.1. The summed E-state index contributed by atoms with van der Waals surface area (Å²) < 4.78 is 72.7. The number of amides is 1. The van der Waals surface area contributed by atoms with Gasteiger partial charge in [-0.3, -0.25) is 4.79 Å². The van der Waals surface area contributed by atoms with Gasteiger partial charge >= 0.3 is 27.5 Å². The number of hydrogen-bond donors (Lipinski definition) is 0. The average molecular weight is 468 g/mol. The number of rotatable bonds is 6. The first-order valence-corrected chi connectivity index (χ1v) is 9.76. The Balaban J connectivity index is 2.63. The number of benzene rings is 1. The summed E-state index contributed by atoms with van der Waals surface area (Å²) in [4.78, 5) is 31.7. The van der Waals surface area contributed by atoms with Crippen molar-refractivity contribution in [1.82, 2.24) is 9.97 Å². The number of sulfonamides is 1. The summed E-state index contributed by atoms with van der Waals surface area (Å²) in [7, 11) is -5.22. The first kappa shape index (κ1) is 23.3. The van der Waals surface area contributed by atoms with E-state index in [2.05, 4.69) is 14.7 Å². The van der Waals surface area contributed by atoms with Gasteiger partial charge in [-0.2, -0.15) is 25.9 Å². The highest BCUT2D eigenvalue weighted by atomic mass is 35.5. The van der Waals surface area contributed by atoms with Crippen molar-refractivity contribution >= 4 is 39.2 Å². The number of esters is 1. The number of halogens is 4. The van der Waals surface area contributed by atoms with Crippen LogP contribution in [-0.4, -0.2) is 42.9 Å². The fourth-order valence-electron chi connectivity index (χ4n) is 2.13. The van der Waals surface area contributed by atoms with Crippen molar-refractivity contribution in [3.63, 3.8) is 0 Å². The van der Waals surface area contributed by atoms with Crippen molar-refractivity contribution in [1.29, 1.82) is 0 Å². The summed E-state index contributed by atoms with van der Waals surface area (Å²) in [6.45, 7) is 1.16. The third-order valence-corrected chi connectivity index (χ3v) is 5.12.